The van der Waals surface area contributed by atoms with Crippen LogP contribution in [0.25, 0.3) is 0 Å². The van der Waals surface area contributed by atoms with Crippen molar-refractivity contribution in [1.82, 2.24) is 5.32 Å². The molecular weight excluding hydrogens is 348 g/mol. The zero-order valence-electron chi connectivity index (χ0n) is 13.7. The number of sulfonamides is 1. The number of ether oxygens (including phenoxy) is 1. The minimum Gasteiger partial charge on any atom is -0.484 e. The van der Waals surface area contributed by atoms with Crippen molar-refractivity contribution in [2.24, 2.45) is 0 Å². The van der Waals surface area contributed by atoms with E-state index in [0.717, 1.165) is 0 Å². The maximum absolute atomic E-state index is 12.4. The summed E-state index contributed by atoms with van der Waals surface area (Å²) in [5.74, 6) is 0.297. The summed E-state index contributed by atoms with van der Waals surface area (Å²) in [6.45, 7) is 3.66. The molecular formula is C16H20N2O4S2. The topological polar surface area (TPSA) is 75.7 Å². The fourth-order valence-corrected chi connectivity index (χ4v) is 4.31. The molecule has 0 fully saturated rings. The molecule has 0 radical (unpaired) electrons. The number of nitrogens with zero attached hydrogens (tertiary/aromatic N) is 1. The van der Waals surface area contributed by atoms with Gasteiger partial charge in [0.1, 0.15) is 9.96 Å². The average molecular weight is 368 g/mol. The molecule has 0 saturated heterocycles. The Morgan fingerprint density at radius 2 is 1.92 bits per heavy atom. The van der Waals surface area contributed by atoms with Gasteiger partial charge in [-0.15, -0.1) is 11.3 Å². The lowest BCUT2D eigenvalue weighted by Crippen LogP contribution is -2.34. The fourth-order valence-electron chi connectivity index (χ4n) is 1.95. The number of thiophene rings is 1. The van der Waals surface area contributed by atoms with Gasteiger partial charge in [0.25, 0.3) is 15.9 Å². The number of carbonyl (C=O) groups is 1. The first-order valence-corrected chi connectivity index (χ1v) is 9.67. The summed E-state index contributed by atoms with van der Waals surface area (Å²) in [6.07, 6.45) is 0. The van der Waals surface area contributed by atoms with Gasteiger partial charge in [0.15, 0.2) is 6.61 Å². The Kier molecular flexibility index (Phi) is 5.84. The number of hydrogen-bond acceptors (Lipinski definition) is 5. The van der Waals surface area contributed by atoms with E-state index in [9.17, 15) is 13.2 Å². The summed E-state index contributed by atoms with van der Waals surface area (Å²) in [7, 11) is -2.05. The maximum Gasteiger partial charge on any atom is 0.273 e. The highest BCUT2D eigenvalue weighted by atomic mass is 32.2. The number of rotatable bonds is 7. The van der Waals surface area contributed by atoms with Crippen molar-refractivity contribution >= 4 is 33.0 Å². The Balaban J connectivity index is 2.03. The molecule has 0 atom stereocenters. The molecule has 1 N–H and O–H groups in total. The van der Waals surface area contributed by atoms with Crippen molar-refractivity contribution in [3.63, 3.8) is 0 Å². The van der Waals surface area contributed by atoms with Crippen molar-refractivity contribution < 1.29 is 17.9 Å². The van der Waals surface area contributed by atoms with Crippen LogP contribution in [0.2, 0.25) is 0 Å². The molecule has 6 nitrogen and oxygen atoms in total. The van der Waals surface area contributed by atoms with Crippen LogP contribution < -0.4 is 14.4 Å². The van der Waals surface area contributed by atoms with E-state index in [1.165, 1.54) is 22.7 Å². The van der Waals surface area contributed by atoms with Gasteiger partial charge in [-0.05, 0) is 49.6 Å². The van der Waals surface area contributed by atoms with Crippen LogP contribution in [0.1, 0.15) is 13.8 Å². The molecule has 0 saturated carbocycles. The van der Waals surface area contributed by atoms with Crippen LogP contribution in [-0.4, -0.2) is 34.0 Å². The highest BCUT2D eigenvalue weighted by molar-refractivity contribution is 7.94. The summed E-state index contributed by atoms with van der Waals surface area (Å²) in [6, 6.07) is 9.88. The number of benzene rings is 1. The molecule has 1 aromatic heterocycles. The number of carbonyl (C=O) groups excluding carboxylic acids is 1. The van der Waals surface area contributed by atoms with Crippen LogP contribution in [0.4, 0.5) is 5.69 Å². The average Bonchev–Trinajstić information content (AvgIpc) is 3.07. The molecule has 2 rings (SSSR count). The fraction of sp³-hybridized carbons (Fsp3) is 0.312. The minimum absolute atomic E-state index is 0.0552. The molecule has 24 heavy (non-hydrogen) atoms. The summed E-state index contributed by atoms with van der Waals surface area (Å²) in [4.78, 5) is 11.5. The van der Waals surface area contributed by atoms with Gasteiger partial charge in [-0.3, -0.25) is 9.10 Å². The standard InChI is InChI=1S/C16H20N2O4S2/c1-12(2)17-15(19)11-22-14-8-6-13(7-9-14)18(3)24(20,21)16-5-4-10-23-16/h4-10,12H,11H2,1-3H3,(H,17,19). The van der Waals surface area contributed by atoms with E-state index >= 15 is 0 Å². The predicted molar refractivity (Wildman–Crippen MR) is 95.1 cm³/mol. The van der Waals surface area contributed by atoms with E-state index in [1.807, 2.05) is 13.8 Å². The van der Waals surface area contributed by atoms with Gasteiger partial charge in [-0.1, -0.05) is 6.07 Å². The van der Waals surface area contributed by atoms with Crippen molar-refractivity contribution in [2.45, 2.75) is 24.1 Å². The van der Waals surface area contributed by atoms with Gasteiger partial charge in [-0.2, -0.15) is 0 Å². The van der Waals surface area contributed by atoms with Gasteiger partial charge < -0.3 is 10.1 Å². The molecule has 0 aliphatic rings. The van der Waals surface area contributed by atoms with Gasteiger partial charge in [0, 0.05) is 13.1 Å². The smallest absolute Gasteiger partial charge is 0.273 e. The molecule has 1 amide bonds. The van der Waals surface area contributed by atoms with Crippen LogP contribution in [0.5, 0.6) is 5.75 Å². The molecule has 1 heterocycles. The summed E-state index contributed by atoms with van der Waals surface area (Å²) < 4.78 is 31.8. The van der Waals surface area contributed by atoms with Crippen molar-refractivity contribution in [1.29, 1.82) is 0 Å². The first-order chi connectivity index (χ1) is 11.3. The first kappa shape index (κ1) is 18.3. The van der Waals surface area contributed by atoms with Crippen molar-refractivity contribution in [3.05, 3.63) is 41.8 Å². The van der Waals surface area contributed by atoms with Crippen molar-refractivity contribution in [2.75, 3.05) is 18.0 Å². The van der Waals surface area contributed by atoms with Crippen LogP contribution >= 0.6 is 11.3 Å². The van der Waals surface area contributed by atoms with Gasteiger partial charge >= 0.3 is 0 Å². The second-order valence-corrected chi connectivity index (χ2v) is 8.55. The summed E-state index contributed by atoms with van der Waals surface area (Å²) >= 11 is 1.17. The SMILES string of the molecule is CC(C)NC(=O)COc1ccc(N(C)S(=O)(=O)c2cccs2)cc1. The van der Waals surface area contributed by atoms with Gasteiger partial charge in [-0.25, -0.2) is 8.42 Å². The number of hydrogen-bond donors (Lipinski definition) is 1. The number of anilines is 1. The van der Waals surface area contributed by atoms with Crippen LogP contribution in [0, 0.1) is 0 Å². The summed E-state index contributed by atoms with van der Waals surface area (Å²) in [5, 5.41) is 4.45. The monoisotopic (exact) mass is 368 g/mol. The molecule has 0 bridgehead atoms. The second-order valence-electron chi connectivity index (χ2n) is 5.41. The normalized spacial score (nSPS) is 11.3. The van der Waals surface area contributed by atoms with E-state index in [-0.39, 0.29) is 22.8 Å². The molecule has 130 valence electrons. The molecule has 0 unspecified atom stereocenters. The Hall–Kier alpha value is -2.06. The highest BCUT2D eigenvalue weighted by Crippen LogP contribution is 2.26. The van der Waals surface area contributed by atoms with Crippen LogP contribution in [0.3, 0.4) is 0 Å². The zero-order chi connectivity index (χ0) is 17.7. The largest absolute Gasteiger partial charge is 0.484 e. The van der Waals surface area contributed by atoms with E-state index in [0.29, 0.717) is 11.4 Å². The molecule has 8 heteroatoms. The van der Waals surface area contributed by atoms with Crippen LogP contribution in [-0.2, 0) is 14.8 Å². The van der Waals surface area contributed by atoms with E-state index in [2.05, 4.69) is 5.32 Å². The third kappa shape index (κ3) is 4.48. The third-order valence-electron chi connectivity index (χ3n) is 3.13. The Morgan fingerprint density at radius 3 is 2.46 bits per heavy atom. The maximum atomic E-state index is 12.4. The second kappa shape index (κ2) is 7.67. The summed E-state index contributed by atoms with van der Waals surface area (Å²) in [5.41, 5.74) is 0.516. The lowest BCUT2D eigenvalue weighted by molar-refractivity contribution is -0.123. The quantitative estimate of drug-likeness (QED) is 0.815. The Morgan fingerprint density at radius 1 is 1.25 bits per heavy atom. The molecule has 0 aliphatic heterocycles. The lowest BCUT2D eigenvalue weighted by Gasteiger charge is -2.18. The highest BCUT2D eigenvalue weighted by Gasteiger charge is 2.22. The van der Waals surface area contributed by atoms with Crippen molar-refractivity contribution in [3.8, 4) is 5.75 Å². The minimum atomic E-state index is -3.55. The molecule has 0 aliphatic carbocycles. The Labute approximate surface area is 146 Å². The predicted octanol–water partition coefficient (Wildman–Crippen LogP) is 2.48. The molecule has 0 spiro atoms. The molecule has 1 aromatic carbocycles. The third-order valence-corrected chi connectivity index (χ3v) is 6.29. The lowest BCUT2D eigenvalue weighted by atomic mass is 10.3. The molecule has 2 aromatic rings. The van der Waals surface area contributed by atoms with Gasteiger partial charge in [0.05, 0.1) is 5.69 Å². The van der Waals surface area contributed by atoms with Crippen LogP contribution in [0.15, 0.2) is 46.0 Å². The van der Waals surface area contributed by atoms with E-state index in [1.54, 1.807) is 41.8 Å². The number of amides is 1. The first-order valence-electron chi connectivity index (χ1n) is 7.35. The van der Waals surface area contributed by atoms with E-state index < -0.39 is 10.0 Å². The number of nitrogens with one attached hydrogen (secondary N) is 1. The zero-order valence-corrected chi connectivity index (χ0v) is 15.4. The Bertz CT molecular complexity index is 769. The van der Waals surface area contributed by atoms with Gasteiger partial charge in [0.2, 0.25) is 0 Å². The van der Waals surface area contributed by atoms with E-state index in [4.69, 9.17) is 4.74 Å².